The molecule has 8 heteroatoms. The molecule has 4 saturated carbocycles. The fraction of sp³-hybridized carbons (Fsp3) is 0.919. The van der Waals surface area contributed by atoms with E-state index in [4.69, 9.17) is 9.47 Å². The Morgan fingerprint density at radius 3 is 2.20 bits per heavy atom. The van der Waals surface area contributed by atoms with Crippen molar-refractivity contribution in [1.82, 2.24) is 0 Å². The van der Waals surface area contributed by atoms with Crippen LogP contribution < -0.4 is 0 Å². The minimum atomic E-state index is -1.52. The maximum Gasteiger partial charge on any atom is 0.187 e. The predicted molar refractivity (Wildman–Crippen MR) is 172 cm³/mol. The van der Waals surface area contributed by atoms with Gasteiger partial charge in [0.2, 0.25) is 0 Å². The predicted octanol–water partition coefficient (Wildman–Crippen LogP) is 4.78. The van der Waals surface area contributed by atoms with Gasteiger partial charge in [-0.3, -0.25) is 4.79 Å². The SMILES string of the molecule is CC(C)=CCC[C@](C)(O[C@@H]1OC(CO)[C@@H](O)[C@H](O)C1O)C1CC[C@]2(C)C1C(=O)CC1[C@@]3(C)CC[C@H](CO)C(C)(C)C3CC[C@]12C. The lowest BCUT2D eigenvalue weighted by molar-refractivity contribution is -0.333. The van der Waals surface area contributed by atoms with E-state index in [0.29, 0.717) is 30.5 Å². The summed E-state index contributed by atoms with van der Waals surface area (Å²) in [5.74, 6) is 1.03. The Hall–Kier alpha value is -0.870. The van der Waals surface area contributed by atoms with Crippen LogP contribution in [-0.4, -0.2) is 80.8 Å². The molecule has 0 bridgehead atoms. The monoisotopic (exact) mass is 634 g/mol. The van der Waals surface area contributed by atoms with Crippen molar-refractivity contribution in [2.45, 2.75) is 149 Å². The van der Waals surface area contributed by atoms with E-state index >= 15 is 0 Å². The Morgan fingerprint density at radius 1 is 0.911 bits per heavy atom. The number of hydrogen-bond donors (Lipinski definition) is 5. The lowest BCUT2D eigenvalue weighted by Gasteiger charge is -2.69. The average Bonchev–Trinajstić information content (AvgIpc) is 3.35. The summed E-state index contributed by atoms with van der Waals surface area (Å²) in [7, 11) is 0. The number of aliphatic hydroxyl groups is 5. The number of rotatable bonds is 8. The van der Waals surface area contributed by atoms with E-state index in [9.17, 15) is 30.3 Å². The van der Waals surface area contributed by atoms with Gasteiger partial charge >= 0.3 is 0 Å². The number of hydrogen-bond acceptors (Lipinski definition) is 8. The van der Waals surface area contributed by atoms with Crippen molar-refractivity contribution in [3.8, 4) is 0 Å². The van der Waals surface area contributed by atoms with E-state index in [2.05, 4.69) is 54.5 Å². The van der Waals surface area contributed by atoms with Crippen LogP contribution in [0.3, 0.4) is 0 Å². The van der Waals surface area contributed by atoms with Crippen molar-refractivity contribution in [2.24, 2.45) is 51.2 Å². The Labute approximate surface area is 271 Å². The second kappa shape index (κ2) is 12.2. The lowest BCUT2D eigenvalue weighted by atomic mass is 9.34. The van der Waals surface area contributed by atoms with Crippen molar-refractivity contribution < 1.29 is 39.8 Å². The highest BCUT2D eigenvalue weighted by Crippen LogP contribution is 2.75. The third kappa shape index (κ3) is 5.41. The molecule has 6 unspecified atom stereocenters. The highest BCUT2D eigenvalue weighted by atomic mass is 16.7. The first-order valence-corrected chi connectivity index (χ1v) is 17.7. The molecule has 0 spiro atoms. The van der Waals surface area contributed by atoms with Gasteiger partial charge in [-0.1, -0.05) is 46.3 Å². The molecule has 0 aromatic carbocycles. The van der Waals surface area contributed by atoms with Crippen LogP contribution in [0.25, 0.3) is 0 Å². The van der Waals surface area contributed by atoms with E-state index in [0.717, 1.165) is 44.9 Å². The third-order valence-electron chi connectivity index (χ3n) is 14.8. The van der Waals surface area contributed by atoms with Gasteiger partial charge in [0.1, 0.15) is 30.2 Å². The molecule has 0 aromatic heterocycles. The molecule has 1 saturated heterocycles. The number of aliphatic hydroxyl groups excluding tert-OH is 5. The van der Waals surface area contributed by atoms with Gasteiger partial charge in [-0.15, -0.1) is 0 Å². The average molecular weight is 635 g/mol. The standard InChI is InChI=1S/C37H62O8/c1-21(2)10-9-14-37(8,45-32-31(43)30(42)29(41)25(20-39)44-32)23-12-16-36(7)28(23)24(40)18-27-34(5)15-11-22(19-38)33(3,4)26(34)13-17-35(27,36)6/h10,22-23,25-32,38-39,41-43H,9,11-20H2,1-8H3/t22-,23?,25?,26?,27?,28?,29-,30+,31?,32+,34+,35-,36-,37+/m1/s1. The molecule has 14 atom stereocenters. The molecule has 258 valence electrons. The molecule has 0 amide bonds. The molecule has 5 aliphatic rings. The van der Waals surface area contributed by atoms with Crippen molar-refractivity contribution in [2.75, 3.05) is 13.2 Å². The summed E-state index contributed by atoms with van der Waals surface area (Å²) in [5, 5.41) is 52.0. The van der Waals surface area contributed by atoms with Gasteiger partial charge in [0.05, 0.1) is 12.2 Å². The van der Waals surface area contributed by atoms with E-state index < -0.39 is 42.9 Å². The summed E-state index contributed by atoms with van der Waals surface area (Å²) in [6.45, 7) is 17.8. The molecule has 5 N–H and O–H groups in total. The number of carbonyl (C=O) groups is 1. The number of ketones is 1. The van der Waals surface area contributed by atoms with Gasteiger partial charge in [0.15, 0.2) is 6.29 Å². The van der Waals surface area contributed by atoms with Gasteiger partial charge in [-0.25, -0.2) is 0 Å². The molecule has 1 heterocycles. The van der Waals surface area contributed by atoms with Crippen LogP contribution in [0.4, 0.5) is 0 Å². The van der Waals surface area contributed by atoms with Gasteiger partial charge in [0, 0.05) is 18.9 Å². The van der Waals surface area contributed by atoms with Gasteiger partial charge in [0.25, 0.3) is 0 Å². The Morgan fingerprint density at radius 2 is 1.58 bits per heavy atom. The number of allylic oxidation sites excluding steroid dienone is 2. The molecule has 45 heavy (non-hydrogen) atoms. The minimum Gasteiger partial charge on any atom is -0.396 e. The molecule has 0 aromatic rings. The van der Waals surface area contributed by atoms with Gasteiger partial charge < -0.3 is 35.0 Å². The first kappa shape index (κ1) is 35.4. The molecular weight excluding hydrogens is 572 g/mol. The fourth-order valence-electron chi connectivity index (χ4n) is 11.9. The zero-order valence-corrected chi connectivity index (χ0v) is 29.1. The summed E-state index contributed by atoms with van der Waals surface area (Å²) in [6.07, 6.45) is 3.23. The second-order valence-electron chi connectivity index (χ2n) is 17.5. The number of ether oxygens (including phenoxy) is 2. The molecular formula is C37H62O8. The summed E-state index contributed by atoms with van der Waals surface area (Å²) >= 11 is 0. The van der Waals surface area contributed by atoms with E-state index in [1.807, 2.05) is 6.92 Å². The maximum absolute atomic E-state index is 14.7. The Bertz CT molecular complexity index is 1130. The van der Waals surface area contributed by atoms with Crippen molar-refractivity contribution in [1.29, 1.82) is 0 Å². The minimum absolute atomic E-state index is 0.0187. The number of carbonyl (C=O) groups excluding carboxylic acids is 1. The first-order valence-electron chi connectivity index (χ1n) is 17.7. The van der Waals surface area contributed by atoms with Crippen LogP contribution in [0.2, 0.25) is 0 Å². The van der Waals surface area contributed by atoms with E-state index in [1.54, 1.807) is 0 Å². The molecule has 5 rings (SSSR count). The van der Waals surface area contributed by atoms with Crippen LogP contribution in [-0.2, 0) is 14.3 Å². The quantitative estimate of drug-likeness (QED) is 0.241. The van der Waals surface area contributed by atoms with E-state index in [-0.39, 0.29) is 46.0 Å². The smallest absolute Gasteiger partial charge is 0.187 e. The maximum atomic E-state index is 14.7. The van der Waals surface area contributed by atoms with Gasteiger partial charge in [-0.2, -0.15) is 0 Å². The highest BCUT2D eigenvalue weighted by molar-refractivity contribution is 5.84. The van der Waals surface area contributed by atoms with Crippen molar-refractivity contribution in [3.63, 3.8) is 0 Å². The molecule has 5 fully saturated rings. The molecule has 1 aliphatic heterocycles. The zero-order valence-electron chi connectivity index (χ0n) is 29.1. The van der Waals surface area contributed by atoms with Gasteiger partial charge in [-0.05, 0) is 117 Å². The second-order valence-corrected chi connectivity index (χ2v) is 17.5. The Balaban J connectivity index is 1.49. The molecule has 8 nitrogen and oxygen atoms in total. The number of fused-ring (bicyclic) bond motifs is 5. The number of Topliss-reactive ketones (excluding diaryl/α,β-unsaturated/α-hetero) is 1. The normalized spacial score (nSPS) is 49.0. The Kier molecular flexibility index (Phi) is 9.63. The summed E-state index contributed by atoms with van der Waals surface area (Å²) < 4.78 is 12.6. The van der Waals surface area contributed by atoms with Crippen LogP contribution >= 0.6 is 0 Å². The topological polar surface area (TPSA) is 137 Å². The largest absolute Gasteiger partial charge is 0.396 e. The third-order valence-corrected chi connectivity index (χ3v) is 14.8. The first-order chi connectivity index (χ1) is 20.9. The van der Waals surface area contributed by atoms with Crippen molar-refractivity contribution >= 4 is 5.78 Å². The highest BCUT2D eigenvalue weighted by Gasteiger charge is 2.71. The molecule has 0 radical (unpaired) electrons. The molecule has 4 aliphatic carbocycles. The fourth-order valence-corrected chi connectivity index (χ4v) is 11.9. The van der Waals surface area contributed by atoms with Crippen LogP contribution in [0.15, 0.2) is 11.6 Å². The van der Waals surface area contributed by atoms with Crippen molar-refractivity contribution in [3.05, 3.63) is 11.6 Å². The van der Waals surface area contributed by atoms with Crippen LogP contribution in [0.1, 0.15) is 113 Å². The summed E-state index contributed by atoms with van der Waals surface area (Å²) in [5.41, 5.74) is 0.129. The van der Waals surface area contributed by atoms with E-state index in [1.165, 1.54) is 5.57 Å². The zero-order chi connectivity index (χ0) is 33.3. The van der Waals surface area contributed by atoms with Crippen LogP contribution in [0.5, 0.6) is 0 Å². The van der Waals surface area contributed by atoms with Crippen LogP contribution in [0, 0.1) is 51.2 Å². The summed E-state index contributed by atoms with van der Waals surface area (Å²) in [4.78, 5) is 14.7. The lowest BCUT2D eigenvalue weighted by Crippen LogP contribution is -2.66. The summed E-state index contributed by atoms with van der Waals surface area (Å²) in [6, 6.07) is 0.